The maximum absolute atomic E-state index is 10.5. The first-order chi connectivity index (χ1) is 12.0. The number of hydrogen-bond acceptors (Lipinski definition) is 4. The molecule has 142 valence electrons. The zero-order chi connectivity index (χ0) is 18.7. The number of rotatable bonds is 11. The molecule has 5 nitrogen and oxygen atoms in total. The molecule has 0 aromatic rings. The quantitative estimate of drug-likeness (QED) is 0.260. The minimum Gasteiger partial charge on any atom is -0.481 e. The molecule has 1 fully saturated rings. The van der Waals surface area contributed by atoms with Crippen molar-refractivity contribution in [3.05, 3.63) is 29.5 Å². The van der Waals surface area contributed by atoms with E-state index in [1.165, 1.54) is 0 Å². The molecule has 0 saturated heterocycles. The van der Waals surface area contributed by atoms with Gasteiger partial charge < -0.3 is 20.4 Å². The third-order valence-electron chi connectivity index (χ3n) is 4.55. The molecule has 0 heterocycles. The smallest absolute Gasteiger partial charge is 0.303 e. The Labute approximate surface area is 150 Å². The van der Waals surface area contributed by atoms with Crippen molar-refractivity contribution in [2.75, 3.05) is 0 Å². The topological polar surface area (TPSA) is 98.0 Å². The lowest BCUT2D eigenvalue weighted by Crippen LogP contribution is -2.13. The van der Waals surface area contributed by atoms with Crippen molar-refractivity contribution < 1.29 is 25.2 Å². The van der Waals surface area contributed by atoms with Gasteiger partial charge in [-0.2, -0.15) is 0 Å². The van der Waals surface area contributed by atoms with E-state index in [-0.39, 0.29) is 12.3 Å². The van der Waals surface area contributed by atoms with E-state index in [1.54, 1.807) is 6.08 Å². The van der Waals surface area contributed by atoms with Gasteiger partial charge in [0.2, 0.25) is 0 Å². The Balaban J connectivity index is 2.58. The summed E-state index contributed by atoms with van der Waals surface area (Å²) in [4.78, 5) is 10.5. The molecule has 0 unspecified atom stereocenters. The lowest BCUT2D eigenvalue weighted by molar-refractivity contribution is -0.137. The van der Waals surface area contributed by atoms with E-state index in [4.69, 9.17) is 5.11 Å². The Bertz CT molecular complexity index is 490. The number of carboxylic acids is 1. The maximum Gasteiger partial charge on any atom is 0.303 e. The first-order valence-corrected chi connectivity index (χ1v) is 9.33. The standard InChI is InChI=1S/C20H32O5/c1-2-3-6-9-15(21)12-13-17-16(18(22)14-19(17)23)10-7-4-5-8-11-20(24)25/h4,7,12,15-16,18-19,21-23H,2-3,5-6,8-11,14H2,1H3,(H,24,25)/b7-4-/t13?,15-,16+,18-,19+/m0/s1. The molecule has 0 aliphatic heterocycles. The molecular formula is C20H32O5. The first-order valence-electron chi connectivity index (χ1n) is 9.33. The van der Waals surface area contributed by atoms with Gasteiger partial charge in [-0.3, -0.25) is 4.79 Å². The van der Waals surface area contributed by atoms with E-state index in [2.05, 4.69) is 12.7 Å². The third-order valence-corrected chi connectivity index (χ3v) is 4.55. The maximum atomic E-state index is 10.5. The fraction of sp³-hybridized carbons (Fsp3) is 0.700. The second-order valence-corrected chi connectivity index (χ2v) is 6.75. The van der Waals surface area contributed by atoms with Crippen LogP contribution in [0.5, 0.6) is 0 Å². The molecule has 1 aliphatic rings. The summed E-state index contributed by atoms with van der Waals surface area (Å²) in [5.74, 6) is -1.000. The molecule has 4 N–H and O–H groups in total. The zero-order valence-corrected chi connectivity index (χ0v) is 15.1. The SMILES string of the molecule is CCCCC[C@H](O)C=C=C1[C@H](O)C[C@H](O)[C@@H]1C/C=C\CCCC(=O)O. The van der Waals surface area contributed by atoms with E-state index >= 15 is 0 Å². The number of aliphatic hydroxyl groups is 3. The molecule has 4 atom stereocenters. The average Bonchev–Trinajstić information content (AvgIpc) is 2.82. The second kappa shape index (κ2) is 12.0. The predicted octanol–water partition coefficient (Wildman–Crippen LogP) is 2.95. The molecule has 1 rings (SSSR count). The van der Waals surface area contributed by atoms with Crippen LogP contribution < -0.4 is 0 Å². The lowest BCUT2D eigenvalue weighted by atomic mass is 9.96. The highest BCUT2D eigenvalue weighted by Crippen LogP contribution is 2.34. The van der Waals surface area contributed by atoms with Gasteiger partial charge in [0.25, 0.3) is 0 Å². The van der Waals surface area contributed by atoms with Crippen LogP contribution in [0.3, 0.4) is 0 Å². The van der Waals surface area contributed by atoms with Gasteiger partial charge in [0.1, 0.15) is 0 Å². The van der Waals surface area contributed by atoms with E-state index in [0.717, 1.165) is 19.3 Å². The van der Waals surface area contributed by atoms with Crippen LogP contribution in [-0.4, -0.2) is 44.7 Å². The summed E-state index contributed by atoms with van der Waals surface area (Å²) < 4.78 is 0. The molecule has 25 heavy (non-hydrogen) atoms. The lowest BCUT2D eigenvalue weighted by Gasteiger charge is -2.13. The Hall–Kier alpha value is -1.39. The van der Waals surface area contributed by atoms with E-state index < -0.39 is 24.3 Å². The molecule has 0 aromatic heterocycles. The minimum atomic E-state index is -0.796. The normalized spacial score (nSPS) is 24.5. The summed E-state index contributed by atoms with van der Waals surface area (Å²) >= 11 is 0. The Morgan fingerprint density at radius 3 is 2.72 bits per heavy atom. The Morgan fingerprint density at radius 2 is 2.04 bits per heavy atom. The number of hydrogen-bond donors (Lipinski definition) is 4. The average molecular weight is 352 g/mol. The van der Waals surface area contributed by atoms with Crippen LogP contribution in [0.1, 0.15) is 64.7 Å². The van der Waals surface area contributed by atoms with Crippen molar-refractivity contribution in [3.63, 3.8) is 0 Å². The van der Waals surface area contributed by atoms with Crippen LogP contribution in [0.25, 0.3) is 0 Å². The van der Waals surface area contributed by atoms with Gasteiger partial charge in [0.05, 0.1) is 18.3 Å². The third kappa shape index (κ3) is 8.50. The number of carboxylic acid groups (broad SMARTS) is 1. The van der Waals surface area contributed by atoms with Gasteiger partial charge in [-0.1, -0.05) is 38.3 Å². The molecule has 1 saturated carbocycles. The number of allylic oxidation sites excluding steroid dienone is 2. The van der Waals surface area contributed by atoms with Crippen molar-refractivity contribution >= 4 is 5.97 Å². The summed E-state index contributed by atoms with van der Waals surface area (Å²) in [5, 5.41) is 38.8. The molecule has 0 bridgehead atoms. The number of carbonyl (C=O) groups is 1. The monoisotopic (exact) mass is 352 g/mol. The van der Waals surface area contributed by atoms with Crippen molar-refractivity contribution in [2.45, 2.75) is 83.0 Å². The summed E-state index contributed by atoms with van der Waals surface area (Å²) in [6.07, 6.45) is 9.64. The van der Waals surface area contributed by atoms with Crippen LogP contribution in [-0.2, 0) is 4.79 Å². The Morgan fingerprint density at radius 1 is 1.28 bits per heavy atom. The first kappa shape index (κ1) is 21.7. The molecule has 5 heteroatoms. The molecule has 0 aromatic carbocycles. The second-order valence-electron chi connectivity index (χ2n) is 6.75. The molecule has 0 amide bonds. The van der Waals surface area contributed by atoms with Crippen LogP contribution in [0.4, 0.5) is 0 Å². The fourth-order valence-corrected chi connectivity index (χ4v) is 3.07. The number of aliphatic hydroxyl groups excluding tert-OH is 3. The number of unbranched alkanes of at least 4 members (excludes halogenated alkanes) is 3. The Kier molecular flexibility index (Phi) is 10.4. The van der Waals surface area contributed by atoms with Crippen LogP contribution in [0.15, 0.2) is 29.5 Å². The predicted molar refractivity (Wildman–Crippen MR) is 97.1 cm³/mol. The summed E-state index contributed by atoms with van der Waals surface area (Å²) in [7, 11) is 0. The van der Waals surface area contributed by atoms with Crippen molar-refractivity contribution in [1.29, 1.82) is 0 Å². The molecule has 0 radical (unpaired) electrons. The fourth-order valence-electron chi connectivity index (χ4n) is 3.07. The summed E-state index contributed by atoms with van der Waals surface area (Å²) in [5.41, 5.74) is 3.68. The van der Waals surface area contributed by atoms with Gasteiger partial charge in [0, 0.05) is 24.3 Å². The van der Waals surface area contributed by atoms with E-state index in [1.807, 2.05) is 12.2 Å². The summed E-state index contributed by atoms with van der Waals surface area (Å²) in [6.45, 7) is 2.11. The highest BCUT2D eigenvalue weighted by Gasteiger charge is 2.35. The number of aliphatic carboxylic acids is 1. The van der Waals surface area contributed by atoms with Gasteiger partial charge in [-0.05, 0) is 31.8 Å². The largest absolute Gasteiger partial charge is 0.481 e. The molecular weight excluding hydrogens is 320 g/mol. The highest BCUT2D eigenvalue weighted by atomic mass is 16.4. The molecule has 0 spiro atoms. The van der Waals surface area contributed by atoms with Crippen molar-refractivity contribution in [3.8, 4) is 0 Å². The van der Waals surface area contributed by atoms with Crippen LogP contribution >= 0.6 is 0 Å². The van der Waals surface area contributed by atoms with Crippen molar-refractivity contribution in [2.24, 2.45) is 5.92 Å². The van der Waals surface area contributed by atoms with E-state index in [9.17, 15) is 20.1 Å². The highest BCUT2D eigenvalue weighted by molar-refractivity contribution is 5.66. The molecule has 1 aliphatic carbocycles. The minimum absolute atomic E-state index is 0.152. The van der Waals surface area contributed by atoms with Gasteiger partial charge >= 0.3 is 5.97 Å². The van der Waals surface area contributed by atoms with Crippen molar-refractivity contribution in [1.82, 2.24) is 0 Å². The van der Waals surface area contributed by atoms with Gasteiger partial charge in [-0.25, -0.2) is 0 Å². The van der Waals surface area contributed by atoms with E-state index in [0.29, 0.717) is 37.7 Å². The van der Waals surface area contributed by atoms with Crippen LogP contribution in [0, 0.1) is 5.92 Å². The zero-order valence-electron chi connectivity index (χ0n) is 15.1. The van der Waals surface area contributed by atoms with Gasteiger partial charge in [-0.15, -0.1) is 5.73 Å². The van der Waals surface area contributed by atoms with Crippen LogP contribution in [0.2, 0.25) is 0 Å². The summed E-state index contributed by atoms with van der Waals surface area (Å²) in [6, 6.07) is 0. The van der Waals surface area contributed by atoms with Gasteiger partial charge in [0.15, 0.2) is 0 Å².